The molecule has 0 bridgehead atoms. The molecule has 0 saturated carbocycles. The second-order valence-corrected chi connectivity index (χ2v) is 6.56. The van der Waals surface area contributed by atoms with E-state index < -0.39 is 10.7 Å². The molecule has 9 heteroatoms. The predicted octanol–water partition coefficient (Wildman–Crippen LogP) is 4.16. The number of fused-ring (bicyclic) bond motifs is 1. The molecule has 0 radical (unpaired) electrons. The normalized spacial score (nSPS) is 11.0. The van der Waals surface area contributed by atoms with Gasteiger partial charge in [-0.05, 0) is 18.2 Å². The lowest BCUT2D eigenvalue weighted by Gasteiger charge is -2.05. The van der Waals surface area contributed by atoms with Crippen molar-refractivity contribution in [1.29, 1.82) is 0 Å². The van der Waals surface area contributed by atoms with Crippen LogP contribution < -0.4 is 0 Å². The van der Waals surface area contributed by atoms with Crippen LogP contribution in [0.25, 0.3) is 16.7 Å². The first-order chi connectivity index (χ1) is 13.1. The second-order valence-electron chi connectivity index (χ2n) is 5.59. The molecule has 27 heavy (non-hydrogen) atoms. The van der Waals surface area contributed by atoms with Gasteiger partial charge in [0.25, 0.3) is 5.69 Å². The smallest absolute Gasteiger partial charge is 0.258 e. The van der Waals surface area contributed by atoms with Crippen LogP contribution in [0.2, 0.25) is 0 Å². The summed E-state index contributed by atoms with van der Waals surface area (Å²) < 4.78 is 15.8. The predicted molar refractivity (Wildman–Crippen MR) is 99.3 cm³/mol. The number of halogens is 1. The van der Waals surface area contributed by atoms with Crippen molar-refractivity contribution in [2.24, 2.45) is 0 Å². The molecule has 0 amide bonds. The summed E-state index contributed by atoms with van der Waals surface area (Å²) in [6.07, 6.45) is 3.04. The highest BCUT2D eigenvalue weighted by Gasteiger charge is 2.19. The van der Waals surface area contributed by atoms with E-state index in [1.54, 1.807) is 10.9 Å². The van der Waals surface area contributed by atoms with Crippen molar-refractivity contribution in [3.05, 3.63) is 82.6 Å². The number of nitrogens with zero attached hydrogens (tertiary/aromatic N) is 5. The first-order valence-corrected chi connectivity index (χ1v) is 8.92. The van der Waals surface area contributed by atoms with E-state index in [1.807, 2.05) is 30.3 Å². The Morgan fingerprint density at radius 1 is 1.11 bits per heavy atom. The first-order valence-electron chi connectivity index (χ1n) is 7.94. The highest BCUT2D eigenvalue weighted by molar-refractivity contribution is 7.98. The third-order valence-corrected chi connectivity index (χ3v) is 5.01. The van der Waals surface area contributed by atoms with Crippen LogP contribution in [0.15, 0.2) is 66.1 Å². The van der Waals surface area contributed by atoms with Crippen LogP contribution in [0.5, 0.6) is 0 Å². The summed E-state index contributed by atoms with van der Waals surface area (Å²) in [5.74, 6) is -0.534. The number of rotatable bonds is 5. The van der Waals surface area contributed by atoms with Crippen molar-refractivity contribution in [3.63, 3.8) is 0 Å². The van der Waals surface area contributed by atoms with Gasteiger partial charge in [0.05, 0.1) is 27.8 Å². The molecule has 4 rings (SSSR count). The number of hydrogen-bond donors (Lipinski definition) is 0. The third-order valence-electron chi connectivity index (χ3n) is 3.97. The molecule has 0 aliphatic heterocycles. The molecule has 4 aromatic rings. The lowest BCUT2D eigenvalue weighted by molar-refractivity contribution is -0.385. The van der Waals surface area contributed by atoms with Gasteiger partial charge in [0.15, 0.2) is 5.65 Å². The van der Waals surface area contributed by atoms with Crippen molar-refractivity contribution < 1.29 is 9.31 Å². The van der Waals surface area contributed by atoms with Gasteiger partial charge in [-0.3, -0.25) is 10.1 Å². The van der Waals surface area contributed by atoms with Gasteiger partial charge in [-0.25, -0.2) is 19.0 Å². The maximum absolute atomic E-state index is 14.1. The Morgan fingerprint density at radius 2 is 1.93 bits per heavy atom. The Balaban J connectivity index is 1.69. The van der Waals surface area contributed by atoms with Crippen LogP contribution >= 0.6 is 11.8 Å². The van der Waals surface area contributed by atoms with Gasteiger partial charge in [0.2, 0.25) is 0 Å². The van der Waals surface area contributed by atoms with E-state index in [0.29, 0.717) is 16.1 Å². The standard InChI is InChI=1S/C18H12FN5O2S/c19-15-7-4-8-16(24(25)26)14(15)10-27-18-13-9-22-23(17(13)20-11-21-18)12-5-2-1-3-6-12/h1-9,11H,10H2. The van der Waals surface area contributed by atoms with Crippen LogP contribution in [0.1, 0.15) is 5.56 Å². The average Bonchev–Trinajstić information content (AvgIpc) is 3.12. The van der Waals surface area contributed by atoms with Crippen molar-refractivity contribution >= 4 is 28.5 Å². The van der Waals surface area contributed by atoms with Gasteiger partial charge < -0.3 is 0 Å². The summed E-state index contributed by atoms with van der Waals surface area (Å²) in [5, 5.41) is 16.8. The monoisotopic (exact) mass is 381 g/mol. The number of thioether (sulfide) groups is 1. The van der Waals surface area contributed by atoms with Gasteiger partial charge in [0, 0.05) is 11.8 Å². The molecular weight excluding hydrogens is 369 g/mol. The zero-order valence-corrected chi connectivity index (χ0v) is 14.6. The average molecular weight is 381 g/mol. The quantitative estimate of drug-likeness (QED) is 0.223. The van der Waals surface area contributed by atoms with Crippen LogP contribution in [0.3, 0.4) is 0 Å². The summed E-state index contributed by atoms with van der Waals surface area (Å²) in [7, 11) is 0. The topological polar surface area (TPSA) is 86.7 Å². The number of para-hydroxylation sites is 1. The Hall–Kier alpha value is -3.33. The van der Waals surface area contributed by atoms with Crippen LogP contribution in [0, 0.1) is 15.9 Å². The third kappa shape index (κ3) is 3.24. The van der Waals surface area contributed by atoms with E-state index in [-0.39, 0.29) is 17.0 Å². The van der Waals surface area contributed by atoms with Crippen LogP contribution in [-0.4, -0.2) is 24.7 Å². The zero-order valence-electron chi connectivity index (χ0n) is 13.8. The lowest BCUT2D eigenvalue weighted by Crippen LogP contribution is -1.99. The molecule has 0 atom stereocenters. The highest BCUT2D eigenvalue weighted by atomic mass is 32.2. The number of nitro groups is 1. The molecular formula is C18H12FN5O2S. The minimum atomic E-state index is -0.609. The van der Waals surface area contributed by atoms with E-state index >= 15 is 0 Å². The Bertz CT molecular complexity index is 1130. The largest absolute Gasteiger partial charge is 0.276 e. The Morgan fingerprint density at radius 3 is 2.70 bits per heavy atom. The fourth-order valence-electron chi connectivity index (χ4n) is 2.70. The molecule has 0 saturated heterocycles. The van der Waals surface area contributed by atoms with Gasteiger partial charge in [0.1, 0.15) is 17.2 Å². The summed E-state index contributed by atoms with van der Waals surface area (Å²) in [6.45, 7) is 0. The molecule has 134 valence electrons. The highest BCUT2D eigenvalue weighted by Crippen LogP contribution is 2.32. The number of nitro benzene ring substituents is 1. The van der Waals surface area contributed by atoms with E-state index in [1.165, 1.54) is 36.3 Å². The van der Waals surface area contributed by atoms with Crippen molar-refractivity contribution in [1.82, 2.24) is 19.7 Å². The van der Waals surface area contributed by atoms with Gasteiger partial charge in [-0.15, -0.1) is 11.8 Å². The number of benzene rings is 2. The van der Waals surface area contributed by atoms with Crippen LogP contribution in [-0.2, 0) is 5.75 Å². The van der Waals surface area contributed by atoms with Gasteiger partial charge in [-0.2, -0.15) is 5.10 Å². The molecule has 2 heterocycles. The minimum absolute atomic E-state index is 0.0368. The molecule has 7 nitrogen and oxygen atoms in total. The fraction of sp³-hybridized carbons (Fsp3) is 0.0556. The van der Waals surface area contributed by atoms with Gasteiger partial charge >= 0.3 is 0 Å². The molecule has 0 aliphatic rings. The molecule has 0 aliphatic carbocycles. The zero-order chi connectivity index (χ0) is 18.8. The maximum Gasteiger partial charge on any atom is 0.276 e. The minimum Gasteiger partial charge on any atom is -0.258 e. The molecule has 0 fully saturated rings. The molecule has 0 spiro atoms. The number of hydrogen-bond acceptors (Lipinski definition) is 6. The first kappa shape index (κ1) is 17.1. The summed E-state index contributed by atoms with van der Waals surface area (Å²) in [4.78, 5) is 19.1. The van der Waals surface area contributed by atoms with Crippen molar-refractivity contribution in [2.75, 3.05) is 0 Å². The molecule has 2 aromatic heterocycles. The lowest BCUT2D eigenvalue weighted by atomic mass is 10.2. The summed E-state index contributed by atoms with van der Waals surface area (Å²) >= 11 is 1.21. The van der Waals surface area contributed by atoms with Gasteiger partial charge in [-0.1, -0.05) is 24.3 Å². The Kier molecular flexibility index (Phi) is 4.51. The van der Waals surface area contributed by atoms with E-state index in [0.717, 1.165) is 5.69 Å². The van der Waals surface area contributed by atoms with E-state index in [2.05, 4.69) is 15.1 Å². The van der Waals surface area contributed by atoms with Crippen molar-refractivity contribution in [3.8, 4) is 5.69 Å². The Labute approximate surface area is 157 Å². The van der Waals surface area contributed by atoms with E-state index in [4.69, 9.17) is 0 Å². The SMILES string of the molecule is O=[N+]([O-])c1cccc(F)c1CSc1ncnc2c1cnn2-c1ccccc1. The summed E-state index contributed by atoms with van der Waals surface area (Å²) in [6, 6.07) is 13.4. The second kappa shape index (κ2) is 7.12. The van der Waals surface area contributed by atoms with Crippen molar-refractivity contribution in [2.45, 2.75) is 10.8 Å². The molecule has 0 N–H and O–H groups in total. The number of aromatic nitrogens is 4. The van der Waals surface area contributed by atoms with E-state index in [9.17, 15) is 14.5 Å². The molecule has 0 unspecified atom stereocenters. The van der Waals surface area contributed by atoms with Crippen LogP contribution in [0.4, 0.5) is 10.1 Å². The summed E-state index contributed by atoms with van der Waals surface area (Å²) in [5.41, 5.74) is 1.26. The maximum atomic E-state index is 14.1. The molecule has 2 aromatic carbocycles. The fourth-order valence-corrected chi connectivity index (χ4v) is 3.69.